The van der Waals surface area contributed by atoms with Crippen LogP contribution < -0.4 is 5.69 Å². The maximum absolute atomic E-state index is 12.3. The van der Waals surface area contributed by atoms with E-state index in [-0.39, 0.29) is 18.0 Å². The Morgan fingerprint density at radius 1 is 1.08 bits per heavy atom. The van der Waals surface area contributed by atoms with Gasteiger partial charge in [-0.15, -0.1) is 0 Å². The molecule has 7 nitrogen and oxygen atoms in total. The van der Waals surface area contributed by atoms with Gasteiger partial charge in [-0.25, -0.2) is 4.79 Å². The van der Waals surface area contributed by atoms with Crippen molar-refractivity contribution in [1.82, 2.24) is 9.13 Å². The summed E-state index contributed by atoms with van der Waals surface area (Å²) in [4.78, 5) is 22.8. The van der Waals surface area contributed by atoms with E-state index < -0.39 is 12.1 Å². The molecule has 0 fully saturated rings. The van der Waals surface area contributed by atoms with Crippen LogP contribution in [0, 0.1) is 0 Å². The summed E-state index contributed by atoms with van der Waals surface area (Å²) in [5.74, 6) is -0.793. The minimum Gasteiger partial charge on any atom is -0.493 e. The van der Waals surface area contributed by atoms with Gasteiger partial charge in [0.25, 0.3) is 0 Å². The largest absolute Gasteiger partial charge is 0.493 e. The summed E-state index contributed by atoms with van der Waals surface area (Å²) < 4.78 is 2.80. The number of carbonyl (C=O) groups is 1. The zero-order valence-corrected chi connectivity index (χ0v) is 16.1. The van der Waals surface area contributed by atoms with Crippen molar-refractivity contribution in [1.29, 1.82) is 0 Å². The highest BCUT2D eigenvalue weighted by molar-refractivity contribution is 5.66. The average Bonchev–Trinajstić information content (AvgIpc) is 2.80. The van der Waals surface area contributed by atoms with Gasteiger partial charge in [-0.1, -0.05) is 39.0 Å². The van der Waals surface area contributed by atoms with Crippen LogP contribution in [0.1, 0.15) is 76.8 Å². The highest BCUT2D eigenvalue weighted by Gasteiger charge is 2.17. The first-order chi connectivity index (χ1) is 12.4. The molecule has 1 heterocycles. The molecular weight excluding hydrogens is 336 g/mol. The fraction of sp³-hybridized carbons (Fsp3) is 0.789. The van der Waals surface area contributed by atoms with Gasteiger partial charge >= 0.3 is 11.7 Å². The second-order valence-electron chi connectivity index (χ2n) is 7.01. The molecule has 0 saturated heterocycles. The lowest BCUT2D eigenvalue weighted by Gasteiger charge is -2.12. The normalized spacial score (nSPS) is 12.4. The molecule has 26 heavy (non-hydrogen) atoms. The van der Waals surface area contributed by atoms with Gasteiger partial charge in [0.2, 0.25) is 5.88 Å². The Morgan fingerprint density at radius 2 is 1.77 bits per heavy atom. The number of hydrogen-bond acceptors (Lipinski definition) is 4. The van der Waals surface area contributed by atoms with Gasteiger partial charge in [0, 0.05) is 20.0 Å². The Kier molecular flexibility index (Phi) is 10.1. The molecule has 0 aromatic carbocycles. The summed E-state index contributed by atoms with van der Waals surface area (Å²) in [7, 11) is 1.54. The number of aliphatic hydroxyl groups is 1. The first kappa shape index (κ1) is 22.3. The third kappa shape index (κ3) is 7.23. The van der Waals surface area contributed by atoms with Crippen LogP contribution >= 0.6 is 0 Å². The molecule has 3 N–H and O–H groups in total. The first-order valence-corrected chi connectivity index (χ1v) is 9.75. The van der Waals surface area contributed by atoms with Crippen molar-refractivity contribution in [3.63, 3.8) is 0 Å². The zero-order chi connectivity index (χ0) is 19.5. The number of aromatic nitrogens is 2. The second kappa shape index (κ2) is 11.8. The minimum atomic E-state index is -0.781. The lowest BCUT2D eigenvalue weighted by Crippen LogP contribution is -2.25. The molecule has 0 spiro atoms. The molecule has 0 amide bonds. The maximum Gasteiger partial charge on any atom is 0.331 e. The summed E-state index contributed by atoms with van der Waals surface area (Å²) in [6.07, 6.45) is 7.84. The van der Waals surface area contributed by atoms with Crippen molar-refractivity contribution in [2.24, 2.45) is 7.05 Å². The molecule has 0 bridgehead atoms. The number of carboxylic acid groups (broad SMARTS) is 1. The predicted octanol–water partition coefficient (Wildman–Crippen LogP) is 2.80. The van der Waals surface area contributed by atoms with Crippen LogP contribution in [0.5, 0.6) is 5.88 Å². The van der Waals surface area contributed by atoms with Gasteiger partial charge in [0.05, 0.1) is 11.8 Å². The quantitative estimate of drug-likeness (QED) is 0.437. The average molecular weight is 370 g/mol. The van der Waals surface area contributed by atoms with Crippen LogP contribution in [0.4, 0.5) is 0 Å². The monoisotopic (exact) mass is 370 g/mol. The number of hydrogen-bond donors (Lipinski definition) is 3. The summed E-state index contributed by atoms with van der Waals surface area (Å²) >= 11 is 0. The van der Waals surface area contributed by atoms with E-state index in [0.29, 0.717) is 31.5 Å². The molecule has 1 aromatic rings. The van der Waals surface area contributed by atoms with E-state index in [1.165, 1.54) is 4.57 Å². The second-order valence-corrected chi connectivity index (χ2v) is 7.01. The highest BCUT2D eigenvalue weighted by atomic mass is 16.4. The van der Waals surface area contributed by atoms with E-state index in [2.05, 4.69) is 6.92 Å². The number of rotatable bonds is 14. The topological polar surface area (TPSA) is 105 Å². The summed E-state index contributed by atoms with van der Waals surface area (Å²) in [6, 6.07) is 0. The summed E-state index contributed by atoms with van der Waals surface area (Å²) in [5, 5.41) is 28.9. The molecule has 1 rings (SSSR count). The molecule has 150 valence electrons. The lowest BCUT2D eigenvalue weighted by molar-refractivity contribution is -0.137. The van der Waals surface area contributed by atoms with Crippen molar-refractivity contribution < 1.29 is 20.1 Å². The third-order valence-corrected chi connectivity index (χ3v) is 4.80. The SMILES string of the molecule is CCCCCC(O)CCn1c(CCCCCCC(=O)O)c(O)n(C)c1=O. The number of aliphatic hydroxyl groups excluding tert-OH is 1. The van der Waals surface area contributed by atoms with Crippen molar-refractivity contribution in [2.75, 3.05) is 0 Å². The van der Waals surface area contributed by atoms with Gasteiger partial charge < -0.3 is 15.3 Å². The molecule has 0 saturated carbocycles. The number of aromatic hydroxyl groups is 1. The Morgan fingerprint density at radius 3 is 2.42 bits per heavy atom. The molecule has 0 radical (unpaired) electrons. The van der Waals surface area contributed by atoms with E-state index in [4.69, 9.17) is 5.11 Å². The smallest absolute Gasteiger partial charge is 0.331 e. The Balaban J connectivity index is 2.55. The van der Waals surface area contributed by atoms with Crippen molar-refractivity contribution in [2.45, 2.75) is 90.2 Å². The van der Waals surface area contributed by atoms with Gasteiger partial charge in [-0.05, 0) is 32.1 Å². The zero-order valence-electron chi connectivity index (χ0n) is 16.1. The van der Waals surface area contributed by atoms with Gasteiger partial charge in [-0.2, -0.15) is 0 Å². The molecular formula is C19H34N2O5. The predicted molar refractivity (Wildman–Crippen MR) is 101 cm³/mol. The first-order valence-electron chi connectivity index (χ1n) is 9.75. The van der Waals surface area contributed by atoms with E-state index in [1.54, 1.807) is 11.6 Å². The standard InChI is InChI=1S/C19H34N2O5/c1-3-4-7-10-15(22)13-14-21-16(18(25)20(2)19(21)26)11-8-5-6-9-12-17(23)24/h15,22,25H,3-14H2,1-2H3,(H,23,24). The number of imidazole rings is 1. The van der Waals surface area contributed by atoms with Crippen molar-refractivity contribution >= 4 is 5.97 Å². The molecule has 1 aromatic heterocycles. The lowest BCUT2D eigenvalue weighted by atomic mass is 10.1. The number of carboxylic acids is 1. The number of nitrogens with zero attached hydrogens (tertiary/aromatic N) is 2. The van der Waals surface area contributed by atoms with Crippen LogP contribution in [0.15, 0.2) is 4.79 Å². The Hall–Kier alpha value is -1.76. The van der Waals surface area contributed by atoms with Gasteiger partial charge in [0.15, 0.2) is 0 Å². The van der Waals surface area contributed by atoms with Gasteiger partial charge in [0.1, 0.15) is 0 Å². The molecule has 1 atom stereocenters. The van der Waals surface area contributed by atoms with Crippen molar-refractivity contribution in [3.8, 4) is 5.88 Å². The third-order valence-electron chi connectivity index (χ3n) is 4.80. The molecule has 1 unspecified atom stereocenters. The maximum atomic E-state index is 12.3. The fourth-order valence-electron chi connectivity index (χ4n) is 3.15. The van der Waals surface area contributed by atoms with E-state index in [0.717, 1.165) is 44.9 Å². The van der Waals surface area contributed by atoms with E-state index >= 15 is 0 Å². The van der Waals surface area contributed by atoms with E-state index in [1.807, 2.05) is 0 Å². The molecule has 0 aliphatic rings. The summed E-state index contributed by atoms with van der Waals surface area (Å²) in [6.45, 7) is 2.52. The molecule has 0 aliphatic carbocycles. The van der Waals surface area contributed by atoms with Crippen LogP contribution in [0.25, 0.3) is 0 Å². The van der Waals surface area contributed by atoms with Crippen LogP contribution in [-0.2, 0) is 24.8 Å². The molecule has 7 heteroatoms. The number of unbranched alkanes of at least 4 members (excludes halogenated alkanes) is 5. The minimum absolute atomic E-state index is 0.0130. The summed E-state index contributed by atoms with van der Waals surface area (Å²) in [5.41, 5.74) is 0.348. The highest BCUT2D eigenvalue weighted by Crippen LogP contribution is 2.19. The van der Waals surface area contributed by atoms with Crippen molar-refractivity contribution in [3.05, 3.63) is 16.2 Å². The Bertz CT molecular complexity index is 606. The number of aliphatic carboxylic acids is 1. The fourth-order valence-corrected chi connectivity index (χ4v) is 3.15. The van der Waals surface area contributed by atoms with Crippen LogP contribution in [0.2, 0.25) is 0 Å². The van der Waals surface area contributed by atoms with Gasteiger partial charge in [-0.3, -0.25) is 13.9 Å². The van der Waals surface area contributed by atoms with E-state index in [9.17, 15) is 19.8 Å². The molecule has 0 aliphatic heterocycles. The van der Waals surface area contributed by atoms with Crippen LogP contribution in [0.3, 0.4) is 0 Å². The Labute approximate surface area is 155 Å². The van der Waals surface area contributed by atoms with Crippen LogP contribution in [-0.4, -0.2) is 36.5 Å².